The molecule has 0 saturated carbocycles. The van der Waals surface area contributed by atoms with Crippen molar-refractivity contribution >= 4 is 0 Å². The van der Waals surface area contributed by atoms with Gasteiger partial charge in [0.1, 0.15) is 0 Å². The summed E-state index contributed by atoms with van der Waals surface area (Å²) in [5.74, 6) is -0.794. The largest absolute Gasteiger partial charge is 0.505 e. The Morgan fingerprint density at radius 3 is 2.75 bits per heavy atom. The average Bonchev–Trinajstić information content (AvgIpc) is 2.27. The van der Waals surface area contributed by atoms with Crippen molar-refractivity contribution in [3.63, 3.8) is 0 Å². The number of piperazine rings is 1. The predicted octanol–water partition coefficient (Wildman–Crippen LogP) is 1.24. The molecule has 0 aromatic heterocycles. The van der Waals surface area contributed by atoms with Gasteiger partial charge in [0, 0.05) is 32.7 Å². The van der Waals surface area contributed by atoms with Crippen molar-refractivity contribution in [2.45, 2.75) is 13.5 Å². The zero-order valence-electron chi connectivity index (χ0n) is 9.46. The molecule has 0 unspecified atom stereocenters. The van der Waals surface area contributed by atoms with E-state index < -0.39 is 5.82 Å². The number of hydrogen-bond acceptors (Lipinski definition) is 3. The molecule has 0 amide bonds. The van der Waals surface area contributed by atoms with Crippen LogP contribution in [0.15, 0.2) is 12.1 Å². The summed E-state index contributed by atoms with van der Waals surface area (Å²) in [4.78, 5) is 2.30. The van der Waals surface area contributed by atoms with E-state index in [0.29, 0.717) is 0 Å². The van der Waals surface area contributed by atoms with Crippen LogP contribution in [0.2, 0.25) is 0 Å². The van der Waals surface area contributed by atoms with E-state index in [0.717, 1.165) is 43.9 Å². The molecule has 4 heteroatoms. The predicted molar refractivity (Wildman–Crippen MR) is 60.9 cm³/mol. The Hall–Kier alpha value is -1.13. The van der Waals surface area contributed by atoms with Crippen molar-refractivity contribution in [1.82, 2.24) is 10.2 Å². The fourth-order valence-electron chi connectivity index (χ4n) is 1.99. The number of aryl methyl sites for hydroxylation is 1. The van der Waals surface area contributed by atoms with Gasteiger partial charge in [0.25, 0.3) is 0 Å². The Kier molecular flexibility index (Phi) is 3.41. The van der Waals surface area contributed by atoms with Gasteiger partial charge in [-0.3, -0.25) is 4.90 Å². The van der Waals surface area contributed by atoms with Crippen LogP contribution in [-0.4, -0.2) is 36.2 Å². The Morgan fingerprint density at radius 1 is 1.38 bits per heavy atom. The number of phenolic OH excluding ortho intramolecular Hbond substituents is 1. The topological polar surface area (TPSA) is 35.5 Å². The highest BCUT2D eigenvalue weighted by Crippen LogP contribution is 2.21. The molecular formula is C12H17FN2O. The molecule has 0 aliphatic carbocycles. The van der Waals surface area contributed by atoms with Gasteiger partial charge in [0.15, 0.2) is 11.6 Å². The third-order valence-corrected chi connectivity index (χ3v) is 3.01. The summed E-state index contributed by atoms with van der Waals surface area (Å²) in [6, 6.07) is 2.93. The van der Waals surface area contributed by atoms with Crippen molar-refractivity contribution < 1.29 is 9.50 Å². The number of nitrogens with zero attached hydrogens (tertiary/aromatic N) is 1. The van der Waals surface area contributed by atoms with Crippen molar-refractivity contribution in [1.29, 1.82) is 0 Å². The summed E-state index contributed by atoms with van der Waals surface area (Å²) >= 11 is 0. The smallest absolute Gasteiger partial charge is 0.165 e. The SMILES string of the molecule is Cc1cc(F)c(O)cc1CN1CCNCC1. The van der Waals surface area contributed by atoms with Crippen LogP contribution in [0.4, 0.5) is 4.39 Å². The van der Waals surface area contributed by atoms with Crippen LogP contribution in [-0.2, 0) is 6.54 Å². The van der Waals surface area contributed by atoms with Gasteiger partial charge in [-0.25, -0.2) is 4.39 Å². The Balaban J connectivity index is 2.11. The van der Waals surface area contributed by atoms with E-state index >= 15 is 0 Å². The normalized spacial score (nSPS) is 17.6. The first-order chi connectivity index (χ1) is 7.66. The molecule has 0 radical (unpaired) electrons. The summed E-state index contributed by atoms with van der Waals surface area (Å²) in [5.41, 5.74) is 1.90. The molecule has 1 saturated heterocycles. The van der Waals surface area contributed by atoms with Gasteiger partial charge in [0.2, 0.25) is 0 Å². The van der Waals surface area contributed by atoms with Gasteiger partial charge in [0.05, 0.1) is 0 Å². The standard InChI is InChI=1S/C12H17FN2O/c1-9-6-11(13)12(16)7-10(9)8-15-4-2-14-3-5-15/h6-7,14,16H,2-5,8H2,1H3. The Morgan fingerprint density at radius 2 is 2.06 bits per heavy atom. The summed E-state index contributed by atoms with van der Waals surface area (Å²) in [6.45, 7) is 6.63. The van der Waals surface area contributed by atoms with Gasteiger partial charge in [-0.2, -0.15) is 0 Å². The molecule has 0 atom stereocenters. The first-order valence-corrected chi connectivity index (χ1v) is 5.58. The molecule has 1 aromatic carbocycles. The lowest BCUT2D eigenvalue weighted by molar-refractivity contribution is 0.232. The van der Waals surface area contributed by atoms with Crippen LogP contribution < -0.4 is 5.32 Å². The maximum absolute atomic E-state index is 13.1. The molecule has 1 fully saturated rings. The van der Waals surface area contributed by atoms with Crippen LogP contribution in [0, 0.1) is 12.7 Å². The molecule has 1 heterocycles. The highest BCUT2D eigenvalue weighted by molar-refractivity contribution is 5.35. The zero-order chi connectivity index (χ0) is 11.5. The first-order valence-electron chi connectivity index (χ1n) is 5.58. The molecule has 3 nitrogen and oxygen atoms in total. The lowest BCUT2D eigenvalue weighted by Gasteiger charge is -2.27. The van der Waals surface area contributed by atoms with Gasteiger partial charge in [-0.15, -0.1) is 0 Å². The quantitative estimate of drug-likeness (QED) is 0.793. The molecule has 1 aliphatic heterocycles. The van der Waals surface area contributed by atoms with Crippen molar-refractivity contribution in [3.05, 3.63) is 29.1 Å². The maximum atomic E-state index is 13.1. The lowest BCUT2D eigenvalue weighted by Crippen LogP contribution is -2.42. The van der Waals surface area contributed by atoms with Crippen LogP contribution >= 0.6 is 0 Å². The zero-order valence-corrected chi connectivity index (χ0v) is 9.46. The minimum Gasteiger partial charge on any atom is -0.505 e. The van der Waals surface area contributed by atoms with E-state index in [-0.39, 0.29) is 5.75 Å². The highest BCUT2D eigenvalue weighted by Gasteiger charge is 2.12. The highest BCUT2D eigenvalue weighted by atomic mass is 19.1. The number of nitrogens with one attached hydrogen (secondary N) is 1. The van der Waals surface area contributed by atoms with Gasteiger partial charge in [-0.1, -0.05) is 0 Å². The molecule has 2 rings (SSSR count). The molecule has 88 valence electrons. The summed E-state index contributed by atoms with van der Waals surface area (Å²) in [6.07, 6.45) is 0. The number of halogens is 1. The third-order valence-electron chi connectivity index (χ3n) is 3.01. The minimum atomic E-state index is -0.540. The van der Waals surface area contributed by atoms with Gasteiger partial charge >= 0.3 is 0 Å². The number of hydrogen-bond donors (Lipinski definition) is 2. The second-order valence-electron chi connectivity index (χ2n) is 4.26. The molecule has 2 N–H and O–H groups in total. The van der Waals surface area contributed by atoms with E-state index in [9.17, 15) is 9.50 Å². The molecule has 1 aliphatic rings. The second kappa shape index (κ2) is 4.80. The van der Waals surface area contributed by atoms with Crippen LogP contribution in [0.3, 0.4) is 0 Å². The fraction of sp³-hybridized carbons (Fsp3) is 0.500. The average molecular weight is 224 g/mol. The van der Waals surface area contributed by atoms with Gasteiger partial charge < -0.3 is 10.4 Å². The summed E-state index contributed by atoms with van der Waals surface area (Å²) in [5, 5.41) is 12.6. The third kappa shape index (κ3) is 2.51. The van der Waals surface area contributed by atoms with E-state index in [4.69, 9.17) is 0 Å². The fourth-order valence-corrected chi connectivity index (χ4v) is 1.99. The van der Waals surface area contributed by atoms with Crippen molar-refractivity contribution in [2.75, 3.05) is 26.2 Å². The number of rotatable bonds is 2. The second-order valence-corrected chi connectivity index (χ2v) is 4.26. The van der Waals surface area contributed by atoms with Crippen LogP contribution in [0.5, 0.6) is 5.75 Å². The molecule has 16 heavy (non-hydrogen) atoms. The number of phenols is 1. The lowest BCUT2D eigenvalue weighted by atomic mass is 10.1. The number of benzene rings is 1. The molecular weight excluding hydrogens is 207 g/mol. The first kappa shape index (κ1) is 11.4. The molecule has 0 spiro atoms. The van der Waals surface area contributed by atoms with Crippen molar-refractivity contribution in [3.8, 4) is 5.75 Å². The summed E-state index contributed by atoms with van der Waals surface area (Å²) in [7, 11) is 0. The maximum Gasteiger partial charge on any atom is 0.165 e. The monoisotopic (exact) mass is 224 g/mol. The van der Waals surface area contributed by atoms with E-state index in [2.05, 4.69) is 10.2 Å². The van der Waals surface area contributed by atoms with Crippen LogP contribution in [0.25, 0.3) is 0 Å². The van der Waals surface area contributed by atoms with Crippen molar-refractivity contribution in [2.24, 2.45) is 0 Å². The van der Waals surface area contributed by atoms with E-state index in [1.54, 1.807) is 0 Å². The Bertz CT molecular complexity index is 376. The van der Waals surface area contributed by atoms with Gasteiger partial charge in [-0.05, 0) is 30.2 Å². The molecule has 1 aromatic rings. The Labute approximate surface area is 94.9 Å². The minimum absolute atomic E-state index is 0.254. The van der Waals surface area contributed by atoms with E-state index in [1.165, 1.54) is 12.1 Å². The number of aromatic hydroxyl groups is 1. The van der Waals surface area contributed by atoms with Crippen LogP contribution in [0.1, 0.15) is 11.1 Å². The molecule has 0 bridgehead atoms. The summed E-state index contributed by atoms with van der Waals surface area (Å²) < 4.78 is 13.1. The van der Waals surface area contributed by atoms with E-state index in [1.807, 2.05) is 6.92 Å².